The first-order valence-electron chi connectivity index (χ1n) is 9.39. The van der Waals surface area contributed by atoms with E-state index in [4.69, 9.17) is 10.1 Å². The fourth-order valence-corrected chi connectivity index (χ4v) is 3.76. The summed E-state index contributed by atoms with van der Waals surface area (Å²) in [6, 6.07) is 13.3. The maximum Gasteiger partial charge on any atom is 0.283 e. The summed E-state index contributed by atoms with van der Waals surface area (Å²) >= 11 is 1.31. The molecule has 1 N–H and O–H groups in total. The molecule has 2 aliphatic heterocycles. The van der Waals surface area contributed by atoms with E-state index in [1.54, 1.807) is 30.3 Å². The molecule has 2 aromatic rings. The summed E-state index contributed by atoms with van der Waals surface area (Å²) in [4.78, 5) is 16.7. The minimum absolute atomic E-state index is 0.0125. The van der Waals surface area contributed by atoms with Crippen LogP contribution in [0.2, 0.25) is 0 Å². The molecule has 0 aromatic heterocycles. The summed E-state index contributed by atoms with van der Waals surface area (Å²) in [6.45, 7) is 4.25. The Morgan fingerprint density at radius 2 is 1.93 bits per heavy atom. The molecule has 0 unspecified atom stereocenters. The van der Waals surface area contributed by atoms with Crippen molar-refractivity contribution in [3.8, 4) is 5.75 Å². The van der Waals surface area contributed by atoms with Crippen molar-refractivity contribution in [3.63, 3.8) is 0 Å². The molecular formula is C22H19FN4O2S. The minimum atomic E-state index is -0.479. The molecule has 8 heteroatoms. The number of hydrazone groups is 1. The molecule has 0 bridgehead atoms. The van der Waals surface area contributed by atoms with Gasteiger partial charge in [-0.1, -0.05) is 44.2 Å². The lowest BCUT2D eigenvalue weighted by Gasteiger charge is -2.20. The smallest absolute Gasteiger partial charge is 0.283 e. The monoisotopic (exact) mass is 422 g/mol. The van der Waals surface area contributed by atoms with Crippen LogP contribution in [0.5, 0.6) is 5.75 Å². The normalized spacial score (nSPS) is 17.3. The zero-order chi connectivity index (χ0) is 21.3. The molecule has 0 atom stereocenters. The van der Waals surface area contributed by atoms with Crippen molar-refractivity contribution in [2.45, 2.75) is 20.5 Å². The van der Waals surface area contributed by atoms with E-state index in [-0.39, 0.29) is 29.8 Å². The number of carbonyl (C=O) groups excluding carboxylic acids is 1. The SMILES string of the molecule is CC(C)C1=NN2C(=N)C(=Cc3ccccc3OCc3ccc(F)cc3)C(=O)N=C2S1. The average molecular weight is 422 g/mol. The number of ether oxygens (including phenoxy) is 1. The highest BCUT2D eigenvalue weighted by Gasteiger charge is 2.36. The Kier molecular flexibility index (Phi) is 5.50. The standard InChI is InChI=1S/C22H19FN4O2S/c1-13(2)21-26-27-19(24)17(20(28)25-22(27)30-21)11-15-5-3-4-6-18(15)29-12-14-7-9-16(23)10-8-14/h3-11,13,24H,12H2,1-2H3. The number of carbonyl (C=O) groups is 1. The van der Waals surface area contributed by atoms with Crippen molar-refractivity contribution < 1.29 is 13.9 Å². The van der Waals surface area contributed by atoms with Gasteiger partial charge in [0.25, 0.3) is 5.91 Å². The molecule has 0 radical (unpaired) electrons. The van der Waals surface area contributed by atoms with Crippen LogP contribution in [0.3, 0.4) is 0 Å². The number of halogens is 1. The molecule has 2 aliphatic rings. The predicted octanol–water partition coefficient (Wildman–Crippen LogP) is 4.68. The van der Waals surface area contributed by atoms with Crippen LogP contribution in [0, 0.1) is 17.1 Å². The third-order valence-corrected chi connectivity index (χ3v) is 5.70. The van der Waals surface area contributed by atoms with Gasteiger partial charge < -0.3 is 4.74 Å². The minimum Gasteiger partial charge on any atom is -0.488 e. The van der Waals surface area contributed by atoms with Crippen LogP contribution in [0.15, 0.2) is 64.2 Å². The summed E-state index contributed by atoms with van der Waals surface area (Å²) < 4.78 is 19.0. The van der Waals surface area contributed by atoms with Crippen molar-refractivity contribution in [1.82, 2.24) is 5.01 Å². The van der Waals surface area contributed by atoms with Gasteiger partial charge >= 0.3 is 0 Å². The Balaban J connectivity index is 1.60. The van der Waals surface area contributed by atoms with E-state index in [0.29, 0.717) is 16.5 Å². The fourth-order valence-electron chi connectivity index (χ4n) is 2.87. The first-order valence-corrected chi connectivity index (χ1v) is 10.2. The van der Waals surface area contributed by atoms with Gasteiger partial charge in [-0.05, 0) is 41.6 Å². The number of nitrogens with one attached hydrogen (secondary N) is 1. The van der Waals surface area contributed by atoms with E-state index in [1.807, 2.05) is 26.0 Å². The van der Waals surface area contributed by atoms with Crippen molar-refractivity contribution in [1.29, 1.82) is 5.41 Å². The number of hydrogen-bond donors (Lipinski definition) is 1. The zero-order valence-corrected chi connectivity index (χ0v) is 17.2. The Morgan fingerprint density at radius 1 is 1.20 bits per heavy atom. The lowest BCUT2D eigenvalue weighted by atomic mass is 10.1. The molecule has 4 rings (SSSR count). The number of aliphatic imine (C=N–C) groups is 1. The molecule has 1 amide bonds. The van der Waals surface area contributed by atoms with Gasteiger partial charge in [-0.25, -0.2) is 4.39 Å². The molecule has 30 heavy (non-hydrogen) atoms. The van der Waals surface area contributed by atoms with E-state index in [1.165, 1.54) is 28.9 Å². The Labute approximate surface area is 177 Å². The molecule has 2 heterocycles. The maximum atomic E-state index is 13.1. The maximum absolute atomic E-state index is 13.1. The zero-order valence-electron chi connectivity index (χ0n) is 16.4. The Hall–Kier alpha value is -3.26. The molecular weight excluding hydrogens is 403 g/mol. The number of nitrogens with zero attached hydrogens (tertiary/aromatic N) is 3. The topological polar surface area (TPSA) is 78.1 Å². The van der Waals surface area contributed by atoms with Gasteiger partial charge in [-0.3, -0.25) is 10.2 Å². The fraction of sp³-hybridized carbons (Fsp3) is 0.182. The van der Waals surface area contributed by atoms with Gasteiger partial charge in [0.15, 0.2) is 5.84 Å². The van der Waals surface area contributed by atoms with Crippen LogP contribution in [0.4, 0.5) is 4.39 Å². The van der Waals surface area contributed by atoms with Gasteiger partial charge in [0.1, 0.15) is 23.2 Å². The lowest BCUT2D eigenvalue weighted by molar-refractivity contribution is -0.114. The summed E-state index contributed by atoms with van der Waals surface area (Å²) in [7, 11) is 0. The van der Waals surface area contributed by atoms with E-state index >= 15 is 0 Å². The number of hydrogen-bond acceptors (Lipinski definition) is 5. The quantitative estimate of drug-likeness (QED) is 0.710. The van der Waals surface area contributed by atoms with Gasteiger partial charge in [0.2, 0.25) is 5.17 Å². The van der Waals surface area contributed by atoms with Gasteiger partial charge in [-0.2, -0.15) is 15.1 Å². The van der Waals surface area contributed by atoms with Crippen molar-refractivity contribution in [2.24, 2.45) is 16.0 Å². The summed E-state index contributed by atoms with van der Waals surface area (Å²) in [5.74, 6) is -0.0682. The number of fused-ring (bicyclic) bond motifs is 1. The first kappa shape index (κ1) is 20.0. The van der Waals surface area contributed by atoms with Gasteiger partial charge in [0.05, 0.1) is 5.57 Å². The van der Waals surface area contributed by atoms with Gasteiger partial charge in [0, 0.05) is 11.5 Å². The van der Waals surface area contributed by atoms with Crippen molar-refractivity contribution in [3.05, 3.63) is 71.0 Å². The van der Waals surface area contributed by atoms with Crippen LogP contribution >= 0.6 is 11.8 Å². The van der Waals surface area contributed by atoms with E-state index in [0.717, 1.165) is 10.6 Å². The highest BCUT2D eigenvalue weighted by Crippen LogP contribution is 2.31. The number of para-hydroxylation sites is 1. The molecule has 2 aromatic carbocycles. The largest absolute Gasteiger partial charge is 0.488 e. The van der Waals surface area contributed by atoms with Crippen molar-refractivity contribution in [2.75, 3.05) is 0 Å². The number of amides is 1. The highest BCUT2D eigenvalue weighted by molar-refractivity contribution is 8.27. The summed E-state index contributed by atoms with van der Waals surface area (Å²) in [5, 5.41) is 15.5. The van der Waals surface area contributed by atoms with Crippen molar-refractivity contribution >= 4 is 39.8 Å². The second kappa shape index (κ2) is 8.23. The molecule has 0 saturated heterocycles. The Morgan fingerprint density at radius 3 is 2.67 bits per heavy atom. The van der Waals surface area contributed by atoms with Crippen LogP contribution in [0.25, 0.3) is 6.08 Å². The number of rotatable bonds is 5. The van der Waals surface area contributed by atoms with E-state index in [2.05, 4.69) is 10.1 Å². The van der Waals surface area contributed by atoms with E-state index < -0.39 is 5.91 Å². The number of benzene rings is 2. The molecule has 0 spiro atoms. The Bertz CT molecular complexity index is 1110. The van der Waals surface area contributed by atoms with Crippen LogP contribution in [0.1, 0.15) is 25.0 Å². The molecule has 0 saturated carbocycles. The van der Waals surface area contributed by atoms with Crippen LogP contribution in [-0.2, 0) is 11.4 Å². The molecule has 6 nitrogen and oxygen atoms in total. The number of thioether (sulfide) groups is 1. The van der Waals surface area contributed by atoms with Gasteiger partial charge in [-0.15, -0.1) is 0 Å². The molecule has 0 aliphatic carbocycles. The molecule has 152 valence electrons. The predicted molar refractivity (Wildman–Crippen MR) is 117 cm³/mol. The average Bonchev–Trinajstić information content (AvgIpc) is 3.16. The van der Waals surface area contributed by atoms with E-state index in [9.17, 15) is 9.18 Å². The van der Waals surface area contributed by atoms with Crippen LogP contribution in [-0.4, -0.2) is 27.0 Å². The summed E-state index contributed by atoms with van der Waals surface area (Å²) in [6.07, 6.45) is 1.60. The second-order valence-corrected chi connectivity index (χ2v) is 8.05. The summed E-state index contributed by atoms with van der Waals surface area (Å²) in [5.41, 5.74) is 1.61. The number of amidine groups is 2. The third-order valence-electron chi connectivity index (χ3n) is 4.49. The molecule has 0 fully saturated rings. The lowest BCUT2D eigenvalue weighted by Crippen LogP contribution is -2.35. The third kappa shape index (κ3) is 4.04. The second-order valence-electron chi connectivity index (χ2n) is 7.07. The van der Waals surface area contributed by atoms with Crippen LogP contribution < -0.4 is 4.74 Å². The first-order chi connectivity index (χ1) is 14.4. The highest BCUT2D eigenvalue weighted by atomic mass is 32.2.